The lowest BCUT2D eigenvalue weighted by atomic mass is 10.1. The Morgan fingerprint density at radius 1 is 1.53 bits per heavy atom. The number of anilines is 1. The minimum atomic E-state index is 0.182. The molecule has 15 heavy (non-hydrogen) atoms. The molecule has 0 aliphatic heterocycles. The maximum Gasteiger partial charge on any atom is 0.220 e. The van der Waals surface area contributed by atoms with Gasteiger partial charge in [-0.3, -0.25) is 0 Å². The maximum absolute atomic E-state index is 5.65. The van der Waals surface area contributed by atoms with Gasteiger partial charge in [0.05, 0.1) is 5.69 Å². The second-order valence-electron chi connectivity index (χ2n) is 3.60. The van der Waals surface area contributed by atoms with E-state index in [-0.39, 0.29) is 6.04 Å². The number of hydrogen-bond donors (Lipinski definition) is 2. The van der Waals surface area contributed by atoms with Gasteiger partial charge >= 0.3 is 0 Å². The second kappa shape index (κ2) is 5.46. The largest absolute Gasteiger partial charge is 0.368 e. The highest BCUT2D eigenvalue weighted by molar-refractivity contribution is 5.51. The van der Waals surface area contributed by atoms with Crippen LogP contribution in [-0.4, -0.2) is 16.0 Å². The Balaban J connectivity index is 2.80. The van der Waals surface area contributed by atoms with Crippen LogP contribution in [0.3, 0.4) is 0 Å². The highest BCUT2D eigenvalue weighted by atomic mass is 15.0. The molecule has 4 nitrogen and oxygen atoms in total. The molecule has 0 fully saturated rings. The maximum atomic E-state index is 5.65. The average molecular weight is 206 g/mol. The first-order valence-corrected chi connectivity index (χ1v) is 5.17. The summed E-state index contributed by atoms with van der Waals surface area (Å²) in [6.45, 7) is 4.02. The van der Waals surface area contributed by atoms with Crippen molar-refractivity contribution in [1.82, 2.24) is 9.97 Å². The van der Waals surface area contributed by atoms with Crippen molar-refractivity contribution in [3.05, 3.63) is 23.5 Å². The smallest absolute Gasteiger partial charge is 0.220 e. The molecule has 0 saturated carbocycles. The van der Waals surface area contributed by atoms with Crippen LogP contribution in [0.2, 0.25) is 0 Å². The van der Waals surface area contributed by atoms with E-state index in [4.69, 9.17) is 11.5 Å². The first-order chi connectivity index (χ1) is 7.13. The molecular formula is C11H18N4. The van der Waals surface area contributed by atoms with E-state index in [9.17, 15) is 0 Å². The van der Waals surface area contributed by atoms with Crippen molar-refractivity contribution in [2.24, 2.45) is 5.73 Å². The van der Waals surface area contributed by atoms with Crippen molar-refractivity contribution in [3.63, 3.8) is 0 Å². The van der Waals surface area contributed by atoms with Crippen LogP contribution >= 0.6 is 0 Å². The van der Waals surface area contributed by atoms with Crippen LogP contribution in [0.15, 0.2) is 12.3 Å². The predicted octanol–water partition coefficient (Wildman–Crippen LogP) is 1.37. The third kappa shape index (κ3) is 3.67. The Hall–Kier alpha value is -1.42. The standard InChI is InChI=1S/C11H18N4/c1-3-10-9(6-4-5-8(2)12)7-14-11(13)15-10/h4,6-8H,3,5,12H2,1-2H3,(H2,13,14,15)/b6-4+/t8-/m0/s1. The molecule has 0 spiro atoms. The van der Waals surface area contributed by atoms with Gasteiger partial charge in [-0.05, 0) is 19.8 Å². The zero-order valence-electron chi connectivity index (χ0n) is 9.27. The summed E-state index contributed by atoms with van der Waals surface area (Å²) in [6.07, 6.45) is 7.50. The highest BCUT2D eigenvalue weighted by Crippen LogP contribution is 2.09. The number of nitrogens with two attached hydrogens (primary N) is 2. The van der Waals surface area contributed by atoms with E-state index in [1.165, 1.54) is 0 Å². The summed E-state index contributed by atoms with van der Waals surface area (Å²) in [5.74, 6) is 0.330. The Morgan fingerprint density at radius 3 is 2.87 bits per heavy atom. The van der Waals surface area contributed by atoms with Gasteiger partial charge in [0.15, 0.2) is 0 Å². The van der Waals surface area contributed by atoms with E-state index in [1.807, 2.05) is 26.0 Å². The highest BCUT2D eigenvalue weighted by Gasteiger charge is 2.00. The number of aromatic nitrogens is 2. The minimum absolute atomic E-state index is 0.182. The summed E-state index contributed by atoms with van der Waals surface area (Å²) in [7, 11) is 0. The third-order valence-electron chi connectivity index (χ3n) is 2.06. The number of nitrogen functional groups attached to an aromatic ring is 1. The Kier molecular flexibility index (Phi) is 4.24. The summed E-state index contributed by atoms with van der Waals surface area (Å²) in [4.78, 5) is 8.14. The van der Waals surface area contributed by atoms with Crippen LogP contribution < -0.4 is 11.5 Å². The van der Waals surface area contributed by atoms with E-state index < -0.39 is 0 Å². The van der Waals surface area contributed by atoms with Gasteiger partial charge in [-0.15, -0.1) is 0 Å². The van der Waals surface area contributed by atoms with Crippen molar-refractivity contribution in [1.29, 1.82) is 0 Å². The molecule has 0 aliphatic rings. The molecule has 0 radical (unpaired) electrons. The van der Waals surface area contributed by atoms with Gasteiger partial charge in [0.1, 0.15) is 0 Å². The first-order valence-electron chi connectivity index (χ1n) is 5.17. The zero-order chi connectivity index (χ0) is 11.3. The summed E-state index contributed by atoms with van der Waals surface area (Å²) < 4.78 is 0. The fourth-order valence-electron chi connectivity index (χ4n) is 1.27. The quantitative estimate of drug-likeness (QED) is 0.780. The number of rotatable bonds is 4. The SMILES string of the molecule is CCc1nc(N)ncc1/C=C/C[C@H](C)N. The molecule has 1 aromatic heterocycles. The van der Waals surface area contributed by atoms with Crippen LogP contribution in [0.4, 0.5) is 5.95 Å². The zero-order valence-corrected chi connectivity index (χ0v) is 9.27. The lowest BCUT2D eigenvalue weighted by molar-refractivity contribution is 0.759. The number of aryl methyl sites for hydroxylation is 1. The van der Waals surface area contributed by atoms with Crippen molar-refractivity contribution >= 4 is 12.0 Å². The molecular weight excluding hydrogens is 188 g/mol. The summed E-state index contributed by atoms with van der Waals surface area (Å²) in [5.41, 5.74) is 13.2. The molecule has 0 saturated heterocycles. The molecule has 0 aromatic carbocycles. The molecule has 82 valence electrons. The second-order valence-corrected chi connectivity index (χ2v) is 3.60. The van der Waals surface area contributed by atoms with Crippen LogP contribution in [0, 0.1) is 0 Å². The van der Waals surface area contributed by atoms with E-state index in [0.717, 1.165) is 24.1 Å². The third-order valence-corrected chi connectivity index (χ3v) is 2.06. The average Bonchev–Trinajstić information content (AvgIpc) is 2.19. The van der Waals surface area contributed by atoms with Crippen molar-refractivity contribution in [2.45, 2.75) is 32.7 Å². The topological polar surface area (TPSA) is 77.8 Å². The lowest BCUT2D eigenvalue weighted by Crippen LogP contribution is -2.12. The molecule has 1 aromatic rings. The Labute approximate surface area is 90.4 Å². The summed E-state index contributed by atoms with van der Waals surface area (Å²) >= 11 is 0. The number of hydrogen-bond acceptors (Lipinski definition) is 4. The van der Waals surface area contributed by atoms with Crippen molar-refractivity contribution < 1.29 is 0 Å². The molecule has 1 heterocycles. The van der Waals surface area contributed by atoms with Gasteiger partial charge in [-0.25, -0.2) is 9.97 Å². The fourth-order valence-corrected chi connectivity index (χ4v) is 1.27. The molecule has 0 amide bonds. The van der Waals surface area contributed by atoms with Gasteiger partial charge in [0, 0.05) is 17.8 Å². The molecule has 0 aliphatic carbocycles. The predicted molar refractivity (Wildman–Crippen MR) is 63.1 cm³/mol. The summed E-state index contributed by atoms with van der Waals surface area (Å²) in [5, 5.41) is 0. The monoisotopic (exact) mass is 206 g/mol. The van der Waals surface area contributed by atoms with Gasteiger partial charge < -0.3 is 11.5 Å². The van der Waals surface area contributed by atoms with Crippen LogP contribution in [0.1, 0.15) is 31.5 Å². The van der Waals surface area contributed by atoms with Crippen molar-refractivity contribution in [2.75, 3.05) is 5.73 Å². The molecule has 0 unspecified atom stereocenters. The first kappa shape index (κ1) is 11.7. The van der Waals surface area contributed by atoms with Crippen molar-refractivity contribution in [3.8, 4) is 0 Å². The lowest BCUT2D eigenvalue weighted by Gasteiger charge is -2.03. The van der Waals surface area contributed by atoms with Gasteiger partial charge in [0.25, 0.3) is 0 Å². The molecule has 4 N–H and O–H groups in total. The van der Waals surface area contributed by atoms with E-state index >= 15 is 0 Å². The molecule has 0 bridgehead atoms. The van der Waals surface area contributed by atoms with Crippen LogP contribution in [-0.2, 0) is 6.42 Å². The molecule has 1 atom stereocenters. The normalized spacial score (nSPS) is 13.3. The number of nitrogens with zero attached hydrogens (tertiary/aromatic N) is 2. The Morgan fingerprint density at radius 2 is 2.27 bits per heavy atom. The molecule has 1 rings (SSSR count). The van der Waals surface area contributed by atoms with Gasteiger partial charge in [-0.2, -0.15) is 0 Å². The van der Waals surface area contributed by atoms with E-state index in [1.54, 1.807) is 6.20 Å². The van der Waals surface area contributed by atoms with Crippen LogP contribution in [0.25, 0.3) is 6.08 Å². The van der Waals surface area contributed by atoms with Crippen LogP contribution in [0.5, 0.6) is 0 Å². The van der Waals surface area contributed by atoms with Gasteiger partial charge in [0.2, 0.25) is 5.95 Å². The summed E-state index contributed by atoms with van der Waals surface area (Å²) in [6, 6.07) is 0.182. The molecule has 4 heteroatoms. The van der Waals surface area contributed by atoms with E-state index in [2.05, 4.69) is 9.97 Å². The Bertz CT molecular complexity index is 344. The minimum Gasteiger partial charge on any atom is -0.368 e. The van der Waals surface area contributed by atoms with Gasteiger partial charge in [-0.1, -0.05) is 19.1 Å². The van der Waals surface area contributed by atoms with E-state index in [0.29, 0.717) is 5.95 Å². The fraction of sp³-hybridized carbons (Fsp3) is 0.455.